The van der Waals surface area contributed by atoms with Crippen molar-refractivity contribution in [1.82, 2.24) is 15.5 Å². The van der Waals surface area contributed by atoms with E-state index >= 15 is 0 Å². The average Bonchev–Trinajstić information content (AvgIpc) is 3.58. The molecular formula is C24H25N3O4. The zero-order valence-electron chi connectivity index (χ0n) is 17.4. The van der Waals surface area contributed by atoms with Gasteiger partial charge in [0, 0.05) is 12.0 Å². The van der Waals surface area contributed by atoms with Gasteiger partial charge >= 0.3 is 6.03 Å². The minimum absolute atomic E-state index is 0.105. The Hall–Kier alpha value is -3.35. The van der Waals surface area contributed by atoms with Gasteiger partial charge in [-0.1, -0.05) is 48.0 Å². The van der Waals surface area contributed by atoms with E-state index in [1.165, 1.54) is 0 Å². The molecule has 2 heterocycles. The van der Waals surface area contributed by atoms with Crippen LogP contribution < -0.4 is 15.4 Å². The number of aryl methyl sites for hydroxylation is 1. The number of para-hydroxylation sites is 1. The number of fused-ring (bicyclic) bond motifs is 2. The molecule has 0 aromatic heterocycles. The highest BCUT2D eigenvalue weighted by molar-refractivity contribution is 6.09. The normalized spacial score (nSPS) is 23.2. The Morgan fingerprint density at radius 2 is 1.94 bits per heavy atom. The molecule has 1 aliphatic carbocycles. The maximum Gasteiger partial charge on any atom is 0.325 e. The largest absolute Gasteiger partial charge is 0.493 e. The van der Waals surface area contributed by atoms with Crippen LogP contribution >= 0.6 is 0 Å². The lowest BCUT2D eigenvalue weighted by molar-refractivity contribution is -0.136. The lowest BCUT2D eigenvalue weighted by Gasteiger charge is -2.33. The molecule has 4 amide bonds. The Balaban J connectivity index is 1.33. The van der Waals surface area contributed by atoms with Gasteiger partial charge in [0.15, 0.2) is 5.54 Å². The van der Waals surface area contributed by atoms with E-state index in [9.17, 15) is 14.4 Å². The summed E-state index contributed by atoms with van der Waals surface area (Å²) in [5, 5.41) is 5.89. The van der Waals surface area contributed by atoms with Crippen LogP contribution in [0.2, 0.25) is 0 Å². The Bertz CT molecular complexity index is 1050. The van der Waals surface area contributed by atoms with E-state index in [1.54, 1.807) is 12.1 Å². The molecule has 2 atom stereocenters. The van der Waals surface area contributed by atoms with E-state index in [-0.39, 0.29) is 18.5 Å². The van der Waals surface area contributed by atoms with E-state index in [0.717, 1.165) is 28.9 Å². The minimum Gasteiger partial charge on any atom is -0.493 e. The van der Waals surface area contributed by atoms with Crippen molar-refractivity contribution in [3.05, 3.63) is 65.2 Å². The van der Waals surface area contributed by atoms with Crippen LogP contribution in [0.15, 0.2) is 48.5 Å². The molecule has 5 rings (SSSR count). The number of urea groups is 1. The van der Waals surface area contributed by atoms with Gasteiger partial charge in [0.05, 0.1) is 12.6 Å². The van der Waals surface area contributed by atoms with Crippen molar-refractivity contribution in [2.45, 2.75) is 37.8 Å². The molecule has 160 valence electrons. The Kier molecular flexibility index (Phi) is 4.68. The monoisotopic (exact) mass is 419 g/mol. The van der Waals surface area contributed by atoms with E-state index in [2.05, 4.69) is 10.6 Å². The van der Waals surface area contributed by atoms with Crippen LogP contribution in [-0.4, -0.2) is 35.9 Å². The molecule has 1 spiro atoms. The molecule has 2 N–H and O–H groups in total. The predicted molar refractivity (Wildman–Crippen MR) is 113 cm³/mol. The van der Waals surface area contributed by atoms with E-state index in [0.29, 0.717) is 30.3 Å². The summed E-state index contributed by atoms with van der Waals surface area (Å²) < 4.78 is 5.65. The van der Waals surface area contributed by atoms with Gasteiger partial charge in [-0.2, -0.15) is 0 Å². The van der Waals surface area contributed by atoms with E-state index in [1.807, 2.05) is 43.3 Å². The van der Waals surface area contributed by atoms with Crippen molar-refractivity contribution in [2.24, 2.45) is 5.92 Å². The number of amides is 4. The molecule has 0 radical (unpaired) electrons. The maximum atomic E-state index is 13.3. The molecule has 1 saturated carbocycles. The highest BCUT2D eigenvalue weighted by Crippen LogP contribution is 2.42. The van der Waals surface area contributed by atoms with Gasteiger partial charge in [-0.05, 0) is 37.3 Å². The molecule has 0 unspecified atom stereocenters. The van der Waals surface area contributed by atoms with Gasteiger partial charge < -0.3 is 15.4 Å². The summed E-state index contributed by atoms with van der Waals surface area (Å²) in [6, 6.07) is 14.7. The van der Waals surface area contributed by atoms with Gasteiger partial charge in [0.2, 0.25) is 5.91 Å². The lowest BCUT2D eigenvalue weighted by atomic mass is 9.84. The van der Waals surface area contributed by atoms with Gasteiger partial charge in [0.25, 0.3) is 5.91 Å². The zero-order chi connectivity index (χ0) is 21.6. The van der Waals surface area contributed by atoms with Crippen molar-refractivity contribution >= 4 is 17.8 Å². The highest BCUT2D eigenvalue weighted by atomic mass is 16.5. The van der Waals surface area contributed by atoms with Crippen molar-refractivity contribution in [3.63, 3.8) is 0 Å². The number of rotatable bonds is 5. The van der Waals surface area contributed by atoms with Crippen LogP contribution in [0.1, 0.15) is 42.0 Å². The molecule has 0 bridgehead atoms. The van der Waals surface area contributed by atoms with Crippen molar-refractivity contribution < 1.29 is 19.1 Å². The number of ether oxygens (including phenoxy) is 1. The molecule has 2 aliphatic heterocycles. The molecule has 7 nitrogen and oxygen atoms in total. The van der Waals surface area contributed by atoms with Crippen molar-refractivity contribution in [3.8, 4) is 5.75 Å². The number of hydrogen-bond donors (Lipinski definition) is 2. The molecule has 2 fully saturated rings. The summed E-state index contributed by atoms with van der Waals surface area (Å²) in [5.41, 5.74) is 1.68. The molecule has 31 heavy (non-hydrogen) atoms. The second-order valence-corrected chi connectivity index (χ2v) is 8.61. The highest BCUT2D eigenvalue weighted by Gasteiger charge is 2.55. The Morgan fingerprint density at radius 1 is 1.19 bits per heavy atom. The molecule has 3 aliphatic rings. The second-order valence-electron chi connectivity index (χ2n) is 8.61. The minimum atomic E-state index is -1.17. The predicted octanol–water partition coefficient (Wildman–Crippen LogP) is 2.79. The SMILES string of the molecule is Cc1ccc([C@H](NC(=O)CN2C(=O)N[C@]3(CCOc4ccccc43)C2=O)C2CC2)cc1. The number of hydrogen-bond acceptors (Lipinski definition) is 4. The number of nitrogens with one attached hydrogen (secondary N) is 2. The average molecular weight is 419 g/mol. The van der Waals surface area contributed by atoms with Gasteiger partial charge in [-0.3, -0.25) is 14.5 Å². The number of imide groups is 1. The summed E-state index contributed by atoms with van der Waals surface area (Å²) in [6.07, 6.45) is 2.45. The number of benzene rings is 2. The van der Waals surface area contributed by atoms with Gasteiger partial charge in [-0.25, -0.2) is 4.79 Å². The molecule has 2 aromatic carbocycles. The Morgan fingerprint density at radius 3 is 2.68 bits per heavy atom. The van der Waals surface area contributed by atoms with Crippen molar-refractivity contribution in [2.75, 3.05) is 13.2 Å². The van der Waals surface area contributed by atoms with Crippen LogP contribution in [0, 0.1) is 12.8 Å². The molecule has 2 aromatic rings. The number of carbonyl (C=O) groups excluding carboxylic acids is 3. The fourth-order valence-electron chi connectivity index (χ4n) is 4.55. The van der Waals surface area contributed by atoms with Crippen LogP contribution in [0.25, 0.3) is 0 Å². The summed E-state index contributed by atoms with van der Waals surface area (Å²) >= 11 is 0. The van der Waals surface area contributed by atoms with Crippen LogP contribution in [0.4, 0.5) is 4.79 Å². The first kappa shape index (κ1) is 19.6. The van der Waals surface area contributed by atoms with E-state index in [4.69, 9.17) is 4.74 Å². The van der Waals surface area contributed by atoms with Crippen molar-refractivity contribution in [1.29, 1.82) is 0 Å². The smallest absolute Gasteiger partial charge is 0.325 e. The van der Waals surface area contributed by atoms with Crippen LogP contribution in [-0.2, 0) is 15.1 Å². The fraction of sp³-hybridized carbons (Fsp3) is 0.375. The fourth-order valence-corrected chi connectivity index (χ4v) is 4.55. The third-order valence-electron chi connectivity index (χ3n) is 6.41. The molecular weight excluding hydrogens is 394 g/mol. The number of carbonyl (C=O) groups is 3. The zero-order valence-corrected chi connectivity index (χ0v) is 17.4. The summed E-state index contributed by atoms with van der Waals surface area (Å²) in [7, 11) is 0. The summed E-state index contributed by atoms with van der Waals surface area (Å²) in [6.45, 7) is 2.04. The quantitative estimate of drug-likeness (QED) is 0.730. The van der Waals surface area contributed by atoms with Crippen LogP contribution in [0.5, 0.6) is 5.75 Å². The maximum absolute atomic E-state index is 13.3. The van der Waals surface area contributed by atoms with Gasteiger partial charge in [0.1, 0.15) is 12.3 Å². The topological polar surface area (TPSA) is 87.7 Å². The third kappa shape index (κ3) is 3.44. The third-order valence-corrected chi connectivity index (χ3v) is 6.41. The molecule has 7 heteroatoms. The van der Waals surface area contributed by atoms with E-state index < -0.39 is 17.5 Å². The standard InChI is InChI=1S/C24H25N3O4/c1-15-6-8-16(9-7-15)21(17-10-11-17)25-20(28)14-27-22(29)24(26-23(27)30)12-13-31-19-5-3-2-4-18(19)24/h2-9,17,21H,10-14H2,1H3,(H,25,28)(H,26,30)/t21-,24-/m0/s1. The lowest BCUT2D eigenvalue weighted by Crippen LogP contribution is -2.48. The number of nitrogens with zero attached hydrogens (tertiary/aromatic N) is 1. The first-order valence-electron chi connectivity index (χ1n) is 10.7. The summed E-state index contributed by atoms with van der Waals surface area (Å²) in [4.78, 5) is 40.0. The first-order valence-corrected chi connectivity index (χ1v) is 10.7. The first-order chi connectivity index (χ1) is 15.0. The molecule has 1 saturated heterocycles. The van der Waals surface area contributed by atoms with Gasteiger partial charge in [-0.15, -0.1) is 0 Å². The second kappa shape index (κ2) is 7.41. The Labute approximate surface area is 180 Å². The summed E-state index contributed by atoms with van der Waals surface area (Å²) in [5.74, 6) is 0.241. The van der Waals surface area contributed by atoms with Crippen LogP contribution in [0.3, 0.4) is 0 Å².